The number of hydrogen-bond acceptors (Lipinski definition) is 6. The summed E-state index contributed by atoms with van der Waals surface area (Å²) < 4.78 is 36.4. The van der Waals surface area contributed by atoms with Crippen LogP contribution in [0.2, 0.25) is 0 Å². The largest absolute Gasteiger partial charge is 0.460 e. The summed E-state index contributed by atoms with van der Waals surface area (Å²) in [6.45, 7) is 8.65. The van der Waals surface area contributed by atoms with Crippen LogP contribution in [0.3, 0.4) is 0 Å². The van der Waals surface area contributed by atoms with Gasteiger partial charge in [0.1, 0.15) is 0 Å². The third-order valence-electron chi connectivity index (χ3n) is 3.44. The van der Waals surface area contributed by atoms with E-state index in [4.69, 9.17) is 9.47 Å². The van der Waals surface area contributed by atoms with Crippen LogP contribution in [-0.2, 0) is 24.3 Å². The average molecular weight is 371 g/mol. The number of nitrogens with zero attached hydrogens (tertiary/aromatic N) is 1. The summed E-state index contributed by atoms with van der Waals surface area (Å²) >= 11 is 0. The number of benzene rings is 1. The third-order valence-corrected chi connectivity index (χ3v) is 5.63. The monoisotopic (exact) mass is 371 g/mol. The van der Waals surface area contributed by atoms with E-state index in [1.165, 1.54) is 16.4 Å². The molecule has 25 heavy (non-hydrogen) atoms. The summed E-state index contributed by atoms with van der Waals surface area (Å²) in [6, 6.07) is 4.28. The van der Waals surface area contributed by atoms with Crippen molar-refractivity contribution in [3.63, 3.8) is 0 Å². The molecule has 0 aliphatic carbocycles. The minimum atomic E-state index is -3.70. The van der Waals surface area contributed by atoms with Crippen molar-refractivity contribution in [1.29, 1.82) is 0 Å². The Labute approximate surface area is 149 Å². The maximum Gasteiger partial charge on any atom is 0.344 e. The summed E-state index contributed by atoms with van der Waals surface area (Å²) in [5.41, 5.74) is 0.594. The Morgan fingerprint density at radius 2 is 1.76 bits per heavy atom. The van der Waals surface area contributed by atoms with E-state index < -0.39 is 28.6 Å². The number of carbonyl (C=O) groups excluding carboxylic acids is 2. The zero-order valence-electron chi connectivity index (χ0n) is 15.2. The van der Waals surface area contributed by atoms with E-state index >= 15 is 0 Å². The molecule has 0 fully saturated rings. The van der Waals surface area contributed by atoms with Crippen molar-refractivity contribution in [3.8, 4) is 0 Å². The van der Waals surface area contributed by atoms with Gasteiger partial charge in [0.05, 0.1) is 16.6 Å². The quantitative estimate of drug-likeness (QED) is 0.650. The number of aryl methyl sites for hydroxylation is 1. The highest BCUT2D eigenvalue weighted by Gasteiger charge is 2.25. The van der Waals surface area contributed by atoms with Crippen molar-refractivity contribution < 1.29 is 27.5 Å². The fourth-order valence-electron chi connectivity index (χ4n) is 2.21. The molecule has 140 valence electrons. The molecule has 8 heteroatoms. The fraction of sp³-hybridized carbons (Fsp3) is 0.529. The summed E-state index contributed by atoms with van der Waals surface area (Å²) in [4.78, 5) is 23.6. The van der Waals surface area contributed by atoms with Gasteiger partial charge in [-0.2, -0.15) is 4.31 Å². The van der Waals surface area contributed by atoms with Crippen LogP contribution in [0.15, 0.2) is 23.1 Å². The van der Waals surface area contributed by atoms with Gasteiger partial charge >= 0.3 is 11.9 Å². The number of esters is 2. The van der Waals surface area contributed by atoms with Crippen molar-refractivity contribution in [2.24, 2.45) is 0 Å². The number of carbonyl (C=O) groups is 2. The number of ether oxygens (including phenoxy) is 2. The second-order valence-corrected chi connectivity index (χ2v) is 7.59. The van der Waals surface area contributed by atoms with Crippen LogP contribution in [0.4, 0.5) is 0 Å². The second kappa shape index (κ2) is 8.96. The SMILES string of the molecule is CCN(CC)S(=O)(=O)c1cc(C(=O)OCC(=O)OC(C)C)ccc1C. The normalized spacial score (nSPS) is 11.6. The van der Waals surface area contributed by atoms with Gasteiger partial charge in [0.2, 0.25) is 10.0 Å². The van der Waals surface area contributed by atoms with Crippen LogP contribution in [0.5, 0.6) is 0 Å². The van der Waals surface area contributed by atoms with Gasteiger partial charge in [0.15, 0.2) is 6.61 Å². The van der Waals surface area contributed by atoms with E-state index in [1.54, 1.807) is 40.7 Å². The fourth-order valence-corrected chi connectivity index (χ4v) is 3.92. The van der Waals surface area contributed by atoms with Crippen molar-refractivity contribution in [2.45, 2.75) is 45.6 Å². The van der Waals surface area contributed by atoms with Crippen LogP contribution in [0.25, 0.3) is 0 Å². The van der Waals surface area contributed by atoms with E-state index in [0.29, 0.717) is 18.7 Å². The summed E-state index contributed by atoms with van der Waals surface area (Å²) in [5, 5.41) is 0. The van der Waals surface area contributed by atoms with Crippen molar-refractivity contribution in [1.82, 2.24) is 4.31 Å². The molecule has 0 aliphatic heterocycles. The molecule has 0 amide bonds. The number of hydrogen-bond donors (Lipinski definition) is 0. The molecule has 1 rings (SSSR count). The van der Waals surface area contributed by atoms with Gasteiger partial charge in [0, 0.05) is 13.1 Å². The van der Waals surface area contributed by atoms with Crippen LogP contribution < -0.4 is 0 Å². The molecule has 0 aliphatic rings. The molecule has 0 spiro atoms. The minimum Gasteiger partial charge on any atom is -0.460 e. The Morgan fingerprint density at radius 3 is 2.28 bits per heavy atom. The first-order chi connectivity index (χ1) is 11.6. The average Bonchev–Trinajstić information content (AvgIpc) is 2.53. The Morgan fingerprint density at radius 1 is 1.16 bits per heavy atom. The Balaban J connectivity index is 3.01. The minimum absolute atomic E-state index is 0.0513. The van der Waals surface area contributed by atoms with E-state index in [2.05, 4.69) is 0 Å². The summed E-state index contributed by atoms with van der Waals surface area (Å²) in [6.07, 6.45) is -0.309. The topological polar surface area (TPSA) is 90.0 Å². The molecular formula is C17H25NO6S. The van der Waals surface area contributed by atoms with E-state index in [0.717, 1.165) is 0 Å². The highest BCUT2D eigenvalue weighted by atomic mass is 32.2. The van der Waals surface area contributed by atoms with Crippen LogP contribution in [-0.4, -0.2) is 50.5 Å². The molecule has 0 atom stereocenters. The van der Waals surface area contributed by atoms with Crippen molar-refractivity contribution in [3.05, 3.63) is 29.3 Å². The molecule has 0 saturated heterocycles. The molecule has 1 aromatic rings. The highest BCUT2D eigenvalue weighted by Crippen LogP contribution is 2.21. The Hall–Kier alpha value is -1.93. The summed E-state index contributed by atoms with van der Waals surface area (Å²) in [7, 11) is -3.70. The highest BCUT2D eigenvalue weighted by molar-refractivity contribution is 7.89. The van der Waals surface area contributed by atoms with Crippen LogP contribution >= 0.6 is 0 Å². The molecule has 1 aromatic carbocycles. The smallest absolute Gasteiger partial charge is 0.344 e. The zero-order chi connectivity index (χ0) is 19.2. The second-order valence-electron chi connectivity index (χ2n) is 5.68. The molecule has 0 N–H and O–H groups in total. The molecule has 0 saturated carbocycles. The third kappa shape index (κ3) is 5.54. The van der Waals surface area contributed by atoms with E-state index in [9.17, 15) is 18.0 Å². The number of sulfonamides is 1. The van der Waals surface area contributed by atoms with Gasteiger partial charge in [-0.05, 0) is 38.5 Å². The van der Waals surface area contributed by atoms with Crippen LogP contribution in [0.1, 0.15) is 43.6 Å². The molecule has 0 aromatic heterocycles. The predicted octanol–water partition coefficient (Wildman–Crippen LogP) is 2.13. The standard InChI is InChI=1S/C17H25NO6S/c1-6-18(7-2)25(21,22)15-10-14(9-8-13(15)5)17(20)23-11-16(19)24-12(3)4/h8-10,12H,6-7,11H2,1-5H3. The predicted molar refractivity (Wildman–Crippen MR) is 92.8 cm³/mol. The van der Waals surface area contributed by atoms with Crippen LogP contribution in [0, 0.1) is 6.92 Å². The zero-order valence-corrected chi connectivity index (χ0v) is 16.1. The maximum absolute atomic E-state index is 12.7. The Bertz CT molecular complexity index is 723. The van der Waals surface area contributed by atoms with E-state index in [-0.39, 0.29) is 16.6 Å². The molecule has 7 nitrogen and oxygen atoms in total. The molecule has 0 heterocycles. The first-order valence-corrected chi connectivity index (χ1v) is 9.54. The maximum atomic E-state index is 12.7. The lowest BCUT2D eigenvalue weighted by Crippen LogP contribution is -2.31. The molecule has 0 bridgehead atoms. The lowest BCUT2D eigenvalue weighted by atomic mass is 10.1. The molecule has 0 unspecified atom stereocenters. The number of rotatable bonds is 8. The van der Waals surface area contributed by atoms with Gasteiger partial charge < -0.3 is 9.47 Å². The van der Waals surface area contributed by atoms with Gasteiger partial charge in [-0.15, -0.1) is 0 Å². The van der Waals surface area contributed by atoms with Gasteiger partial charge in [-0.25, -0.2) is 18.0 Å². The first-order valence-electron chi connectivity index (χ1n) is 8.10. The summed E-state index contributed by atoms with van der Waals surface area (Å²) in [5.74, 6) is -1.44. The lowest BCUT2D eigenvalue weighted by Gasteiger charge is -2.20. The Kier molecular flexibility index (Phi) is 7.57. The lowest BCUT2D eigenvalue weighted by molar-refractivity contribution is -0.150. The first kappa shape index (κ1) is 21.1. The van der Waals surface area contributed by atoms with Gasteiger partial charge in [0.25, 0.3) is 0 Å². The van der Waals surface area contributed by atoms with E-state index in [1.807, 2.05) is 0 Å². The van der Waals surface area contributed by atoms with Crippen molar-refractivity contribution >= 4 is 22.0 Å². The van der Waals surface area contributed by atoms with Crippen molar-refractivity contribution in [2.75, 3.05) is 19.7 Å². The van der Waals surface area contributed by atoms with Gasteiger partial charge in [-0.3, -0.25) is 0 Å². The van der Waals surface area contributed by atoms with Gasteiger partial charge in [-0.1, -0.05) is 19.9 Å². The molecule has 0 radical (unpaired) electrons. The molecular weight excluding hydrogens is 346 g/mol.